The highest BCUT2D eigenvalue weighted by molar-refractivity contribution is 7.99. The number of nitrogens with one attached hydrogen (secondary N) is 1. The van der Waals surface area contributed by atoms with Crippen molar-refractivity contribution in [3.63, 3.8) is 0 Å². The zero-order chi connectivity index (χ0) is 15.3. The summed E-state index contributed by atoms with van der Waals surface area (Å²) in [5.41, 5.74) is -0.450. The molecule has 0 saturated carbocycles. The number of amides is 1. The largest absolute Gasteiger partial charge is 0.444 e. The smallest absolute Gasteiger partial charge is 0.410 e. The van der Waals surface area contributed by atoms with Crippen LogP contribution >= 0.6 is 11.8 Å². The number of ether oxygens (including phenoxy) is 2. The minimum atomic E-state index is -0.450. The SMILES string of the molecule is CC(C)(C)OC(=O)N1CCOCC1CNCC1CCSC1. The Balaban J connectivity index is 1.79. The second kappa shape index (κ2) is 7.70. The molecular formula is C15H28N2O3S. The molecule has 0 bridgehead atoms. The summed E-state index contributed by atoms with van der Waals surface area (Å²) < 4.78 is 11.0. The summed E-state index contributed by atoms with van der Waals surface area (Å²) in [6, 6.07) is 0.0719. The van der Waals surface area contributed by atoms with Gasteiger partial charge in [-0.3, -0.25) is 4.90 Å². The van der Waals surface area contributed by atoms with Crippen LogP contribution in [0, 0.1) is 5.92 Å². The number of rotatable bonds is 4. The molecule has 2 rings (SSSR count). The van der Waals surface area contributed by atoms with E-state index in [0.717, 1.165) is 19.0 Å². The Labute approximate surface area is 132 Å². The molecule has 0 spiro atoms. The molecule has 21 heavy (non-hydrogen) atoms. The fourth-order valence-electron chi connectivity index (χ4n) is 2.58. The van der Waals surface area contributed by atoms with Crippen molar-refractivity contribution in [3.05, 3.63) is 0 Å². The molecule has 0 aromatic rings. The van der Waals surface area contributed by atoms with E-state index in [2.05, 4.69) is 5.32 Å². The van der Waals surface area contributed by atoms with Crippen molar-refractivity contribution in [2.24, 2.45) is 5.92 Å². The normalized spacial score (nSPS) is 26.9. The summed E-state index contributed by atoms with van der Waals surface area (Å²) in [4.78, 5) is 14.1. The van der Waals surface area contributed by atoms with Gasteiger partial charge in [0.2, 0.25) is 0 Å². The van der Waals surface area contributed by atoms with Crippen LogP contribution in [-0.4, -0.2) is 67.0 Å². The number of carbonyl (C=O) groups excluding carboxylic acids is 1. The Morgan fingerprint density at radius 2 is 2.24 bits per heavy atom. The van der Waals surface area contributed by atoms with Crippen LogP contribution in [0.1, 0.15) is 27.2 Å². The lowest BCUT2D eigenvalue weighted by atomic mass is 10.1. The summed E-state index contributed by atoms with van der Waals surface area (Å²) in [5, 5.41) is 3.50. The first-order chi connectivity index (χ1) is 9.96. The van der Waals surface area contributed by atoms with Gasteiger partial charge in [-0.15, -0.1) is 0 Å². The lowest BCUT2D eigenvalue weighted by Gasteiger charge is -2.36. The Kier molecular flexibility index (Phi) is 6.20. The summed E-state index contributed by atoms with van der Waals surface area (Å²) in [6.45, 7) is 9.30. The molecule has 1 N–H and O–H groups in total. The van der Waals surface area contributed by atoms with Crippen molar-refractivity contribution >= 4 is 17.9 Å². The molecule has 0 aliphatic carbocycles. The van der Waals surface area contributed by atoms with E-state index in [4.69, 9.17) is 9.47 Å². The number of carbonyl (C=O) groups is 1. The van der Waals surface area contributed by atoms with Crippen molar-refractivity contribution in [2.45, 2.75) is 38.8 Å². The van der Waals surface area contributed by atoms with Crippen molar-refractivity contribution in [1.29, 1.82) is 0 Å². The fourth-order valence-corrected chi connectivity index (χ4v) is 3.87. The molecule has 1 amide bonds. The van der Waals surface area contributed by atoms with Gasteiger partial charge in [0.25, 0.3) is 0 Å². The van der Waals surface area contributed by atoms with Crippen LogP contribution in [0.15, 0.2) is 0 Å². The maximum atomic E-state index is 12.3. The van der Waals surface area contributed by atoms with Crippen LogP contribution in [-0.2, 0) is 9.47 Å². The standard InChI is InChI=1S/C15H28N2O3S/c1-15(2,3)20-14(18)17-5-6-19-10-13(17)9-16-8-12-4-7-21-11-12/h12-13,16H,4-11H2,1-3H3. The maximum Gasteiger partial charge on any atom is 0.410 e. The third kappa shape index (κ3) is 5.68. The van der Waals surface area contributed by atoms with E-state index in [0.29, 0.717) is 19.8 Å². The Hall–Kier alpha value is -0.460. The first-order valence-electron chi connectivity index (χ1n) is 7.81. The van der Waals surface area contributed by atoms with Gasteiger partial charge < -0.3 is 14.8 Å². The van der Waals surface area contributed by atoms with Crippen molar-refractivity contribution in [1.82, 2.24) is 10.2 Å². The molecule has 6 heteroatoms. The molecule has 122 valence electrons. The molecule has 5 nitrogen and oxygen atoms in total. The Morgan fingerprint density at radius 3 is 2.90 bits per heavy atom. The van der Waals surface area contributed by atoms with Gasteiger partial charge in [0.05, 0.1) is 19.3 Å². The van der Waals surface area contributed by atoms with Crippen molar-refractivity contribution in [2.75, 3.05) is 44.4 Å². The summed E-state index contributed by atoms with van der Waals surface area (Å²) in [7, 11) is 0. The van der Waals surface area contributed by atoms with E-state index >= 15 is 0 Å². The summed E-state index contributed by atoms with van der Waals surface area (Å²) in [6.07, 6.45) is 1.07. The van der Waals surface area contributed by atoms with Gasteiger partial charge in [-0.1, -0.05) is 0 Å². The molecular weight excluding hydrogens is 288 g/mol. The average Bonchev–Trinajstić information content (AvgIpc) is 2.90. The number of nitrogens with zero attached hydrogens (tertiary/aromatic N) is 1. The van der Waals surface area contributed by atoms with Gasteiger partial charge in [0, 0.05) is 13.1 Å². The molecule has 0 aromatic heterocycles. The highest BCUT2D eigenvalue weighted by Gasteiger charge is 2.30. The number of morpholine rings is 1. The first kappa shape index (κ1) is 16.9. The minimum Gasteiger partial charge on any atom is -0.444 e. The molecule has 0 aromatic carbocycles. The van der Waals surface area contributed by atoms with E-state index in [9.17, 15) is 4.79 Å². The van der Waals surface area contributed by atoms with Gasteiger partial charge in [0.15, 0.2) is 0 Å². The van der Waals surface area contributed by atoms with Gasteiger partial charge in [-0.25, -0.2) is 4.79 Å². The fraction of sp³-hybridized carbons (Fsp3) is 0.933. The van der Waals surface area contributed by atoms with Gasteiger partial charge >= 0.3 is 6.09 Å². The van der Waals surface area contributed by atoms with E-state index in [1.54, 1.807) is 0 Å². The zero-order valence-electron chi connectivity index (χ0n) is 13.4. The predicted molar refractivity (Wildman–Crippen MR) is 85.8 cm³/mol. The van der Waals surface area contributed by atoms with Crippen LogP contribution in [0.25, 0.3) is 0 Å². The number of hydrogen-bond donors (Lipinski definition) is 1. The quantitative estimate of drug-likeness (QED) is 0.859. The molecule has 2 saturated heterocycles. The Morgan fingerprint density at radius 1 is 1.43 bits per heavy atom. The van der Waals surface area contributed by atoms with Gasteiger partial charge in [0.1, 0.15) is 5.60 Å². The van der Waals surface area contributed by atoms with Crippen LogP contribution in [0.5, 0.6) is 0 Å². The summed E-state index contributed by atoms with van der Waals surface area (Å²) in [5.74, 6) is 3.31. The van der Waals surface area contributed by atoms with Crippen LogP contribution in [0.2, 0.25) is 0 Å². The average molecular weight is 316 g/mol. The maximum absolute atomic E-state index is 12.3. The highest BCUT2D eigenvalue weighted by Crippen LogP contribution is 2.22. The van der Waals surface area contributed by atoms with Gasteiger partial charge in [-0.2, -0.15) is 11.8 Å². The Bertz CT molecular complexity index is 340. The zero-order valence-corrected chi connectivity index (χ0v) is 14.2. The molecule has 2 aliphatic heterocycles. The minimum absolute atomic E-state index is 0.0719. The molecule has 0 radical (unpaired) electrons. The first-order valence-corrected chi connectivity index (χ1v) is 8.97. The second-order valence-electron chi connectivity index (χ2n) is 6.79. The van der Waals surface area contributed by atoms with Crippen LogP contribution < -0.4 is 5.32 Å². The van der Waals surface area contributed by atoms with E-state index in [-0.39, 0.29) is 12.1 Å². The van der Waals surface area contributed by atoms with E-state index in [1.165, 1.54) is 17.9 Å². The lowest BCUT2D eigenvalue weighted by molar-refractivity contribution is -0.0317. The molecule has 2 unspecified atom stereocenters. The monoisotopic (exact) mass is 316 g/mol. The highest BCUT2D eigenvalue weighted by atomic mass is 32.2. The van der Waals surface area contributed by atoms with E-state index in [1.807, 2.05) is 37.4 Å². The third-order valence-corrected chi connectivity index (χ3v) is 4.92. The van der Waals surface area contributed by atoms with Gasteiger partial charge in [-0.05, 0) is 51.2 Å². The topological polar surface area (TPSA) is 50.8 Å². The molecule has 2 aliphatic rings. The lowest BCUT2D eigenvalue weighted by Crippen LogP contribution is -2.54. The van der Waals surface area contributed by atoms with Crippen molar-refractivity contribution in [3.8, 4) is 0 Å². The number of thioether (sulfide) groups is 1. The second-order valence-corrected chi connectivity index (χ2v) is 7.94. The molecule has 2 fully saturated rings. The molecule has 2 heterocycles. The molecule has 2 atom stereocenters. The summed E-state index contributed by atoms with van der Waals surface area (Å²) >= 11 is 2.03. The number of hydrogen-bond acceptors (Lipinski definition) is 5. The van der Waals surface area contributed by atoms with Crippen LogP contribution in [0.3, 0.4) is 0 Å². The van der Waals surface area contributed by atoms with Crippen LogP contribution in [0.4, 0.5) is 4.79 Å². The van der Waals surface area contributed by atoms with Crippen molar-refractivity contribution < 1.29 is 14.3 Å². The third-order valence-electron chi connectivity index (χ3n) is 3.69. The van der Waals surface area contributed by atoms with E-state index < -0.39 is 5.60 Å². The predicted octanol–water partition coefficient (Wildman–Crippen LogP) is 1.97.